The Morgan fingerprint density at radius 2 is 1.88 bits per heavy atom. The summed E-state index contributed by atoms with van der Waals surface area (Å²) in [5.74, 6) is 4.76. The highest BCUT2D eigenvalue weighted by atomic mass is 35.5. The summed E-state index contributed by atoms with van der Waals surface area (Å²) in [6.07, 6.45) is 8.56. The van der Waals surface area contributed by atoms with Gasteiger partial charge in [-0.1, -0.05) is 37.6 Å². The molecule has 12 heteroatoms. The molecule has 2 bridgehead atoms. The smallest absolute Gasteiger partial charge is 0.262 e. The van der Waals surface area contributed by atoms with Crippen LogP contribution in [0.2, 0.25) is 5.02 Å². The summed E-state index contributed by atoms with van der Waals surface area (Å²) in [6.45, 7) is 15.1. The predicted octanol–water partition coefficient (Wildman–Crippen LogP) is 5.15. The van der Waals surface area contributed by atoms with Crippen molar-refractivity contribution in [2.24, 2.45) is 17.8 Å². The van der Waals surface area contributed by atoms with Gasteiger partial charge in [-0.3, -0.25) is 24.1 Å². The molecular formula is C44H60ClN5O5S. The molecule has 8 rings (SSSR count). The van der Waals surface area contributed by atoms with Crippen molar-refractivity contribution in [2.75, 3.05) is 70.4 Å². The number of benzene rings is 2. The normalized spacial score (nSPS) is 35.5. The average Bonchev–Trinajstić information content (AvgIpc) is 3.31. The fourth-order valence-corrected chi connectivity index (χ4v) is 12.6. The molecule has 4 heterocycles. The standard InChI is InChI=1S/C44H60ClN5O5S/c1-5-41(51)49-21-20-48-19-18-47(25-36(48)26-49)28-44(53)17-6-8-30(2)31(3)56(4,54)46-42(52)33-11-15-40-39(23-33)50(24-34-10-13-38(34)44)27-43(29-55-40)16-7-9-32-22-35(45)12-14-37(32)43/h5,11-12,14-15,22-23,30-31,34,36,38,53H,1,4,6-10,13,16-21,24-29H2,2-3H3,(H,46,52,54)/t30-,31+,34-,36?,38+,43-,44-,56?/m0/s1. The first-order valence-electron chi connectivity index (χ1n) is 20.9. The van der Waals surface area contributed by atoms with Crippen molar-refractivity contribution < 1.29 is 23.6 Å². The fourth-order valence-electron chi connectivity index (χ4n) is 10.9. The third-order valence-electron chi connectivity index (χ3n) is 14.6. The van der Waals surface area contributed by atoms with Gasteiger partial charge in [-0.05, 0) is 123 Å². The van der Waals surface area contributed by atoms with Gasteiger partial charge < -0.3 is 19.6 Å². The highest BCUT2D eigenvalue weighted by Gasteiger charge is 2.50. The highest BCUT2D eigenvalue weighted by Crippen LogP contribution is 2.49. The molecular weight excluding hydrogens is 746 g/mol. The second kappa shape index (κ2) is 15.6. The predicted molar refractivity (Wildman–Crippen MR) is 225 cm³/mol. The number of amides is 2. The summed E-state index contributed by atoms with van der Waals surface area (Å²) >= 11 is 6.52. The lowest BCUT2D eigenvalue weighted by Crippen LogP contribution is -2.65. The molecule has 1 saturated carbocycles. The highest BCUT2D eigenvalue weighted by molar-refractivity contribution is 7.99. The Bertz CT molecular complexity index is 1960. The van der Waals surface area contributed by atoms with E-state index in [1.807, 2.05) is 30.0 Å². The number of nitrogens with one attached hydrogen (secondary N) is 1. The Kier molecular flexibility index (Phi) is 11.1. The van der Waals surface area contributed by atoms with E-state index in [-0.39, 0.29) is 46.3 Å². The number of carbonyl (C=O) groups is 2. The monoisotopic (exact) mass is 805 g/mol. The molecule has 2 aromatic carbocycles. The molecule has 2 amide bonds. The first-order valence-corrected chi connectivity index (χ1v) is 23.0. The van der Waals surface area contributed by atoms with Gasteiger partial charge in [0.25, 0.3) is 5.91 Å². The van der Waals surface area contributed by atoms with E-state index in [1.165, 1.54) is 17.2 Å². The van der Waals surface area contributed by atoms with Gasteiger partial charge >= 0.3 is 0 Å². The molecule has 8 atom stereocenters. The molecule has 1 spiro atoms. The summed E-state index contributed by atoms with van der Waals surface area (Å²) in [5, 5.41) is 13.5. The van der Waals surface area contributed by atoms with E-state index in [1.54, 1.807) is 6.07 Å². The molecule has 0 aromatic heterocycles. The van der Waals surface area contributed by atoms with Crippen LogP contribution in [0.1, 0.15) is 80.3 Å². The van der Waals surface area contributed by atoms with Gasteiger partial charge in [0.2, 0.25) is 5.91 Å². The van der Waals surface area contributed by atoms with Crippen LogP contribution in [0.5, 0.6) is 5.75 Å². The van der Waals surface area contributed by atoms with Crippen LogP contribution in [0.25, 0.3) is 0 Å². The minimum atomic E-state index is -2.99. The maximum atomic E-state index is 14.1. The largest absolute Gasteiger partial charge is 0.490 e. The minimum Gasteiger partial charge on any atom is -0.490 e. The van der Waals surface area contributed by atoms with Crippen LogP contribution >= 0.6 is 11.6 Å². The number of aryl methyl sites for hydroxylation is 1. The fraction of sp³-hybridized carbons (Fsp3) is 0.614. The van der Waals surface area contributed by atoms with Crippen LogP contribution in [0, 0.1) is 17.8 Å². The number of anilines is 1. The third kappa shape index (κ3) is 7.63. The van der Waals surface area contributed by atoms with Crippen molar-refractivity contribution in [3.8, 4) is 5.75 Å². The first kappa shape index (κ1) is 39.7. The first-order chi connectivity index (χ1) is 26.8. The molecule has 4 aliphatic heterocycles. The van der Waals surface area contributed by atoms with Gasteiger partial charge in [0.05, 0.1) is 27.6 Å². The number of fused-ring (bicyclic) bond motifs is 5. The molecule has 2 aromatic rings. The van der Waals surface area contributed by atoms with Gasteiger partial charge in [0, 0.05) is 86.2 Å². The maximum absolute atomic E-state index is 14.1. The van der Waals surface area contributed by atoms with Crippen molar-refractivity contribution >= 4 is 44.7 Å². The molecule has 2 N–H and O–H groups in total. The zero-order valence-corrected chi connectivity index (χ0v) is 34.8. The van der Waals surface area contributed by atoms with Crippen molar-refractivity contribution in [1.29, 1.82) is 0 Å². The lowest BCUT2D eigenvalue weighted by Gasteiger charge is -2.53. The molecule has 304 valence electrons. The number of hydrogen-bond donors (Lipinski definition) is 2. The number of nitrogens with zero attached hydrogens (tertiary/aromatic N) is 4. The number of rotatable bonds is 3. The Balaban J connectivity index is 1.13. The van der Waals surface area contributed by atoms with Crippen molar-refractivity contribution in [2.45, 2.75) is 87.5 Å². The van der Waals surface area contributed by atoms with Crippen LogP contribution in [-0.2, 0) is 26.3 Å². The SMILES string of the molecule is C=CC(=O)N1CCN2CCN(C[C@@]3(O)CCC[C@H](C)[C@@H](C)S(=C)(=O)NC(=O)c4ccc5c(c4)N(C[C@@H]4CC[C@H]43)C[C@@]3(CCCc4cc(Cl)ccc43)CO5)CC2C1. The van der Waals surface area contributed by atoms with Crippen molar-refractivity contribution in [3.05, 3.63) is 70.8 Å². The summed E-state index contributed by atoms with van der Waals surface area (Å²) in [5.41, 5.74) is 2.65. The number of halogens is 1. The number of hydrogen-bond acceptors (Lipinski definition) is 8. The third-order valence-corrected chi connectivity index (χ3v) is 17.0. The average molecular weight is 807 g/mol. The van der Waals surface area contributed by atoms with E-state index in [0.717, 1.165) is 101 Å². The summed E-state index contributed by atoms with van der Waals surface area (Å²) in [4.78, 5) is 35.7. The van der Waals surface area contributed by atoms with Crippen molar-refractivity contribution in [1.82, 2.24) is 19.4 Å². The van der Waals surface area contributed by atoms with E-state index in [2.05, 4.69) is 50.9 Å². The summed E-state index contributed by atoms with van der Waals surface area (Å²) in [7, 11) is -2.99. The van der Waals surface area contributed by atoms with E-state index in [9.17, 15) is 18.9 Å². The molecule has 6 aliphatic rings. The minimum absolute atomic E-state index is 0.0146. The number of aliphatic hydroxyl groups is 1. The molecule has 3 fully saturated rings. The summed E-state index contributed by atoms with van der Waals surface area (Å²) < 4.78 is 23.6. The van der Waals surface area contributed by atoms with Gasteiger partial charge in [0.15, 0.2) is 0 Å². The van der Waals surface area contributed by atoms with Gasteiger partial charge in [-0.15, -0.1) is 0 Å². The molecule has 56 heavy (non-hydrogen) atoms. The molecule has 0 radical (unpaired) electrons. The molecule has 2 saturated heterocycles. The lowest BCUT2D eigenvalue weighted by molar-refractivity contribution is -0.132. The Morgan fingerprint density at radius 3 is 2.66 bits per heavy atom. The molecule has 2 aliphatic carbocycles. The topological polar surface area (TPSA) is 106 Å². The van der Waals surface area contributed by atoms with Gasteiger partial charge in [-0.2, -0.15) is 0 Å². The molecule has 2 unspecified atom stereocenters. The summed E-state index contributed by atoms with van der Waals surface area (Å²) in [6, 6.07) is 12.1. The lowest BCUT2D eigenvalue weighted by atomic mass is 9.62. The number of ether oxygens (including phenoxy) is 1. The van der Waals surface area contributed by atoms with Crippen molar-refractivity contribution in [3.63, 3.8) is 0 Å². The van der Waals surface area contributed by atoms with Crippen LogP contribution in [0.3, 0.4) is 0 Å². The van der Waals surface area contributed by atoms with Gasteiger partial charge in [0.1, 0.15) is 5.75 Å². The van der Waals surface area contributed by atoms with E-state index in [4.69, 9.17) is 16.3 Å². The van der Waals surface area contributed by atoms with E-state index >= 15 is 0 Å². The second-order valence-corrected chi connectivity index (χ2v) is 20.8. The Morgan fingerprint density at radius 1 is 1.05 bits per heavy atom. The number of carbonyl (C=O) groups excluding carboxylic acids is 2. The molecule has 10 nitrogen and oxygen atoms in total. The Hall–Kier alpha value is -3.09. The second-order valence-electron chi connectivity index (χ2n) is 18.0. The maximum Gasteiger partial charge on any atom is 0.262 e. The van der Waals surface area contributed by atoms with E-state index in [0.29, 0.717) is 38.2 Å². The zero-order chi connectivity index (χ0) is 39.4. The van der Waals surface area contributed by atoms with Crippen LogP contribution in [0.15, 0.2) is 49.1 Å². The number of β-amino-alcohol motifs (C(OH)–C–C–N with tert-alkyl or cyclic N) is 1. The van der Waals surface area contributed by atoms with Gasteiger partial charge in [-0.25, -0.2) is 4.21 Å². The van der Waals surface area contributed by atoms with Crippen LogP contribution in [0.4, 0.5) is 5.69 Å². The Labute approximate surface area is 338 Å². The quantitative estimate of drug-likeness (QED) is 0.325. The zero-order valence-electron chi connectivity index (χ0n) is 33.2. The van der Waals surface area contributed by atoms with Crippen LogP contribution < -0.4 is 14.4 Å². The van der Waals surface area contributed by atoms with E-state index < -0.39 is 15.3 Å². The van der Waals surface area contributed by atoms with Crippen LogP contribution in [-0.4, -0.2) is 124 Å². The number of piperazine rings is 2.